The lowest BCUT2D eigenvalue weighted by atomic mass is 9.77. The smallest absolute Gasteiger partial charge is 0.258 e. The molecule has 3 aromatic carbocycles. The first-order valence-corrected chi connectivity index (χ1v) is 11.5. The fraction of sp³-hybridized carbons (Fsp3) is 0.259. The second-order valence-electron chi connectivity index (χ2n) is 8.35. The van der Waals surface area contributed by atoms with E-state index in [4.69, 9.17) is 21.4 Å². The van der Waals surface area contributed by atoms with Crippen molar-refractivity contribution >= 4 is 40.1 Å². The van der Waals surface area contributed by atoms with Crippen molar-refractivity contribution in [2.24, 2.45) is 11.0 Å². The number of carbonyl (C=O) groups excluding carboxylic acids is 1. The van der Waals surface area contributed by atoms with Crippen LogP contribution in [0.15, 0.2) is 77.4 Å². The Kier molecular flexibility index (Phi) is 5.71. The summed E-state index contributed by atoms with van der Waals surface area (Å²) >= 11 is 5.96. The zero-order valence-corrected chi connectivity index (χ0v) is 18.8. The molecular weight excluding hydrogens is 420 g/mol. The highest BCUT2D eigenvalue weighted by molar-refractivity contribution is 6.27. The number of ether oxygens (including phenoxy) is 1. The zero-order chi connectivity index (χ0) is 22.1. The van der Waals surface area contributed by atoms with Gasteiger partial charge in [0, 0.05) is 5.92 Å². The average Bonchev–Trinajstić information content (AvgIpc) is 3.24. The van der Waals surface area contributed by atoms with Crippen LogP contribution in [-0.2, 0) is 4.79 Å². The summed E-state index contributed by atoms with van der Waals surface area (Å²) in [7, 11) is 1.65. The van der Waals surface area contributed by atoms with Crippen molar-refractivity contribution in [2.45, 2.75) is 25.3 Å². The van der Waals surface area contributed by atoms with Crippen molar-refractivity contribution in [1.82, 2.24) is 5.01 Å². The van der Waals surface area contributed by atoms with Gasteiger partial charge in [0.25, 0.3) is 5.91 Å². The molecule has 0 N–H and O–H groups in total. The van der Waals surface area contributed by atoms with Gasteiger partial charge in [0.1, 0.15) is 11.6 Å². The highest BCUT2D eigenvalue weighted by Gasteiger charge is 2.43. The average molecular weight is 445 g/mol. The van der Waals surface area contributed by atoms with Gasteiger partial charge in [-0.1, -0.05) is 48.5 Å². The normalized spacial score (nSPS) is 21.5. The minimum atomic E-state index is -0.167. The summed E-state index contributed by atoms with van der Waals surface area (Å²) in [6.45, 7) is 0. The van der Waals surface area contributed by atoms with Crippen LogP contribution in [0.4, 0.5) is 0 Å². The number of fused-ring (bicyclic) bond motifs is 2. The van der Waals surface area contributed by atoms with E-state index in [0.29, 0.717) is 0 Å². The summed E-state index contributed by atoms with van der Waals surface area (Å²) in [5, 5.41) is 8.89. The van der Waals surface area contributed by atoms with Crippen LogP contribution < -0.4 is 4.74 Å². The molecule has 1 heterocycles. The second kappa shape index (κ2) is 8.79. The number of nitrogens with zero attached hydrogens (tertiary/aromatic N) is 2. The molecule has 0 bridgehead atoms. The van der Waals surface area contributed by atoms with Gasteiger partial charge in [-0.2, -0.15) is 5.10 Å². The first-order chi connectivity index (χ1) is 15.7. The number of hydrazone groups is 1. The fourth-order valence-corrected chi connectivity index (χ4v) is 5.02. The third-order valence-electron chi connectivity index (χ3n) is 6.44. The van der Waals surface area contributed by atoms with E-state index in [1.807, 2.05) is 24.3 Å². The van der Waals surface area contributed by atoms with Crippen LogP contribution >= 0.6 is 11.6 Å². The Balaban J connectivity index is 1.53. The predicted molar refractivity (Wildman–Crippen MR) is 130 cm³/mol. The summed E-state index contributed by atoms with van der Waals surface area (Å²) in [5.41, 5.74) is 4.44. The van der Waals surface area contributed by atoms with Crippen LogP contribution in [0.25, 0.3) is 16.8 Å². The van der Waals surface area contributed by atoms with Gasteiger partial charge in [0.2, 0.25) is 0 Å². The van der Waals surface area contributed by atoms with E-state index in [1.54, 1.807) is 12.1 Å². The van der Waals surface area contributed by atoms with Gasteiger partial charge < -0.3 is 4.74 Å². The number of benzene rings is 3. The number of rotatable bonds is 4. The maximum Gasteiger partial charge on any atom is 0.258 e. The van der Waals surface area contributed by atoms with Crippen LogP contribution in [0.3, 0.4) is 0 Å². The van der Waals surface area contributed by atoms with Gasteiger partial charge in [0.15, 0.2) is 0 Å². The van der Waals surface area contributed by atoms with Gasteiger partial charge in [0.05, 0.1) is 18.9 Å². The van der Waals surface area contributed by atoms with E-state index in [2.05, 4.69) is 48.5 Å². The summed E-state index contributed by atoms with van der Waals surface area (Å²) in [4.78, 5) is 12.7. The molecule has 4 nitrogen and oxygen atoms in total. The third kappa shape index (κ3) is 3.80. The number of allylic oxidation sites excluding steroid dienone is 1. The molecule has 1 fully saturated rings. The number of amides is 1. The van der Waals surface area contributed by atoms with E-state index in [0.717, 1.165) is 41.9 Å². The van der Waals surface area contributed by atoms with Crippen molar-refractivity contribution in [3.63, 3.8) is 0 Å². The topological polar surface area (TPSA) is 41.9 Å². The van der Waals surface area contributed by atoms with Gasteiger partial charge >= 0.3 is 0 Å². The Morgan fingerprint density at radius 1 is 1.12 bits per heavy atom. The monoisotopic (exact) mass is 444 g/mol. The van der Waals surface area contributed by atoms with E-state index >= 15 is 0 Å². The molecule has 162 valence electrons. The molecule has 0 aromatic heterocycles. The van der Waals surface area contributed by atoms with Crippen molar-refractivity contribution in [3.8, 4) is 5.75 Å². The van der Waals surface area contributed by atoms with Crippen molar-refractivity contribution < 1.29 is 9.53 Å². The number of halogens is 1. The summed E-state index contributed by atoms with van der Waals surface area (Å²) in [6, 6.07) is 22.7. The summed E-state index contributed by atoms with van der Waals surface area (Å²) in [5.74, 6) is 0.707. The van der Waals surface area contributed by atoms with Crippen molar-refractivity contribution in [1.29, 1.82) is 0 Å². The molecule has 0 unspecified atom stereocenters. The Bertz CT molecular complexity index is 1220. The number of carbonyl (C=O) groups is 1. The minimum Gasteiger partial charge on any atom is -0.497 e. The highest BCUT2D eigenvalue weighted by atomic mass is 35.5. The predicted octanol–water partition coefficient (Wildman–Crippen LogP) is 6.21. The van der Waals surface area contributed by atoms with Gasteiger partial charge in [-0.15, -0.1) is 11.6 Å². The minimum absolute atomic E-state index is 0.0835. The third-order valence-corrected chi connectivity index (χ3v) is 6.67. The molecule has 1 aliphatic carbocycles. The molecule has 5 heteroatoms. The Hall–Kier alpha value is -3.11. The van der Waals surface area contributed by atoms with Crippen molar-refractivity contribution in [3.05, 3.63) is 83.4 Å². The van der Waals surface area contributed by atoms with Gasteiger partial charge in [-0.05, 0) is 71.0 Å². The zero-order valence-electron chi connectivity index (χ0n) is 18.0. The quantitative estimate of drug-likeness (QED) is 0.449. The molecule has 0 saturated heterocycles. The first kappa shape index (κ1) is 20.8. The first-order valence-electron chi connectivity index (χ1n) is 11.0. The maximum atomic E-state index is 12.7. The van der Waals surface area contributed by atoms with Crippen LogP contribution in [0.1, 0.15) is 36.4 Å². The molecule has 1 saturated carbocycles. The lowest BCUT2D eigenvalue weighted by molar-refractivity contribution is -0.130. The SMILES string of the molecule is COc1ccc([C@@H]2[C@H]3CCC/C(=C\c4ccc5ccccc5c4)C3=NN2C(=O)CCl)cc1. The molecule has 0 radical (unpaired) electrons. The van der Waals surface area contributed by atoms with Crippen LogP contribution in [0.2, 0.25) is 0 Å². The summed E-state index contributed by atoms with van der Waals surface area (Å²) in [6.07, 6.45) is 5.26. The van der Waals surface area contributed by atoms with E-state index in [1.165, 1.54) is 16.3 Å². The largest absolute Gasteiger partial charge is 0.497 e. The molecule has 3 aromatic rings. The lowest BCUT2D eigenvalue weighted by Gasteiger charge is -2.29. The Labute approximate surface area is 193 Å². The van der Waals surface area contributed by atoms with Gasteiger partial charge in [-0.3, -0.25) is 4.79 Å². The molecule has 32 heavy (non-hydrogen) atoms. The van der Waals surface area contributed by atoms with E-state index in [-0.39, 0.29) is 23.7 Å². The summed E-state index contributed by atoms with van der Waals surface area (Å²) < 4.78 is 5.31. The fourth-order valence-electron chi connectivity index (χ4n) is 4.90. The molecule has 5 rings (SSSR count). The molecule has 2 aliphatic rings. The highest BCUT2D eigenvalue weighted by Crippen LogP contribution is 2.44. The molecule has 2 atom stereocenters. The standard InChI is InChI=1S/C27H25ClN2O2/c1-32-23-13-11-20(12-14-23)27-24-8-4-7-22(26(24)29-30(27)25(31)17-28)16-18-9-10-19-5-2-3-6-21(19)15-18/h2-3,5-6,9-16,24,27H,4,7-8,17H2,1H3/b22-16+/t24-,27+/m0/s1. The van der Waals surface area contributed by atoms with Crippen LogP contribution in [0, 0.1) is 5.92 Å². The Morgan fingerprint density at radius 2 is 1.91 bits per heavy atom. The molecular formula is C27H25ClN2O2. The lowest BCUT2D eigenvalue weighted by Crippen LogP contribution is -2.32. The molecule has 1 aliphatic heterocycles. The maximum absolute atomic E-state index is 12.7. The second-order valence-corrected chi connectivity index (χ2v) is 8.62. The van der Waals surface area contributed by atoms with Crippen molar-refractivity contribution in [2.75, 3.05) is 13.0 Å². The van der Waals surface area contributed by atoms with E-state index in [9.17, 15) is 4.79 Å². The van der Waals surface area contributed by atoms with Crippen LogP contribution in [0.5, 0.6) is 5.75 Å². The van der Waals surface area contributed by atoms with Gasteiger partial charge in [-0.25, -0.2) is 5.01 Å². The molecule has 0 spiro atoms. The number of alkyl halides is 1. The van der Waals surface area contributed by atoms with Crippen LogP contribution in [-0.4, -0.2) is 29.6 Å². The number of methoxy groups -OCH3 is 1. The number of hydrogen-bond acceptors (Lipinski definition) is 3. The Morgan fingerprint density at radius 3 is 2.66 bits per heavy atom. The van der Waals surface area contributed by atoms with E-state index < -0.39 is 0 Å². The number of hydrogen-bond donors (Lipinski definition) is 0. The molecule has 1 amide bonds.